The summed E-state index contributed by atoms with van der Waals surface area (Å²) in [4.78, 5) is 15.4. The first-order chi connectivity index (χ1) is 8.65. The maximum Gasteiger partial charge on any atom is 0.393 e. The Labute approximate surface area is 116 Å². The van der Waals surface area contributed by atoms with Crippen molar-refractivity contribution >= 4 is 14.3 Å². The summed E-state index contributed by atoms with van der Waals surface area (Å²) in [6.45, 7) is 17.4. The first-order valence-corrected chi connectivity index (χ1v) is 9.92. The van der Waals surface area contributed by atoms with Crippen molar-refractivity contribution in [2.45, 2.75) is 51.9 Å². The quantitative estimate of drug-likeness (QED) is 0.450. The molecule has 0 aromatic carbocycles. The number of rotatable bonds is 4. The van der Waals surface area contributed by atoms with Gasteiger partial charge in [-0.1, -0.05) is 0 Å². The Morgan fingerprint density at radius 3 is 2.47 bits per heavy atom. The molecule has 0 aliphatic heterocycles. The number of allylic oxidation sites excluding steroid dienone is 1. The summed E-state index contributed by atoms with van der Waals surface area (Å²) >= 11 is 0. The van der Waals surface area contributed by atoms with Crippen molar-refractivity contribution in [1.82, 2.24) is 0 Å². The zero-order valence-electron chi connectivity index (χ0n) is 12.7. The van der Waals surface area contributed by atoms with Gasteiger partial charge in [0.15, 0.2) is 0 Å². The SMILES string of the molecule is [C-]#[N+]C(C)(C(=O)OC)C1CCC(O[Si](C)(C)C)=C1C. The summed E-state index contributed by atoms with van der Waals surface area (Å²) in [5.74, 6) is 0.410. The number of nitrogens with zero attached hydrogens (tertiary/aromatic N) is 1. The molecule has 0 aromatic heterocycles. The lowest BCUT2D eigenvalue weighted by atomic mass is 9.82. The fourth-order valence-corrected chi connectivity index (χ4v) is 3.56. The number of carbonyl (C=O) groups is 1. The Morgan fingerprint density at radius 1 is 1.47 bits per heavy atom. The van der Waals surface area contributed by atoms with Gasteiger partial charge in [0.25, 0.3) is 0 Å². The molecule has 2 atom stereocenters. The summed E-state index contributed by atoms with van der Waals surface area (Å²) < 4.78 is 10.9. The van der Waals surface area contributed by atoms with E-state index in [1.54, 1.807) is 6.92 Å². The topological polar surface area (TPSA) is 39.9 Å². The van der Waals surface area contributed by atoms with Crippen LogP contribution in [0.2, 0.25) is 19.6 Å². The smallest absolute Gasteiger partial charge is 0.393 e. The molecule has 1 aliphatic rings. The zero-order valence-corrected chi connectivity index (χ0v) is 13.7. The van der Waals surface area contributed by atoms with Gasteiger partial charge in [0.05, 0.1) is 18.8 Å². The van der Waals surface area contributed by atoms with Gasteiger partial charge in [-0.15, -0.1) is 0 Å². The molecular weight excluding hydrogens is 258 g/mol. The fraction of sp³-hybridized carbons (Fsp3) is 0.714. The molecule has 19 heavy (non-hydrogen) atoms. The van der Waals surface area contributed by atoms with Crippen LogP contribution >= 0.6 is 0 Å². The van der Waals surface area contributed by atoms with E-state index in [0.717, 1.165) is 24.2 Å². The summed E-state index contributed by atoms with van der Waals surface area (Å²) in [5, 5.41) is 0. The van der Waals surface area contributed by atoms with Crippen LogP contribution in [0.5, 0.6) is 0 Å². The van der Waals surface area contributed by atoms with E-state index in [9.17, 15) is 4.79 Å². The van der Waals surface area contributed by atoms with Gasteiger partial charge in [0.1, 0.15) is 0 Å². The number of hydrogen-bond donors (Lipinski definition) is 0. The number of esters is 1. The normalized spacial score (nSPS) is 22.7. The van der Waals surface area contributed by atoms with Crippen molar-refractivity contribution in [3.8, 4) is 0 Å². The Bertz CT molecular complexity index is 445. The van der Waals surface area contributed by atoms with Crippen LogP contribution in [-0.4, -0.2) is 26.9 Å². The largest absolute Gasteiger partial charge is 0.547 e. The van der Waals surface area contributed by atoms with E-state index < -0.39 is 19.8 Å². The van der Waals surface area contributed by atoms with E-state index >= 15 is 0 Å². The lowest BCUT2D eigenvalue weighted by Gasteiger charge is -2.23. The van der Waals surface area contributed by atoms with Gasteiger partial charge >= 0.3 is 11.5 Å². The molecule has 0 bridgehead atoms. The molecule has 4 nitrogen and oxygen atoms in total. The third kappa shape index (κ3) is 3.18. The third-order valence-corrected chi connectivity index (χ3v) is 4.42. The maximum atomic E-state index is 11.9. The number of carbonyl (C=O) groups excluding carboxylic acids is 1. The van der Waals surface area contributed by atoms with Crippen molar-refractivity contribution in [3.05, 3.63) is 22.7 Å². The second-order valence-corrected chi connectivity index (χ2v) is 10.6. The van der Waals surface area contributed by atoms with Gasteiger partial charge in [-0.3, -0.25) is 4.85 Å². The van der Waals surface area contributed by atoms with E-state index in [1.165, 1.54) is 7.11 Å². The maximum absolute atomic E-state index is 11.9. The fourth-order valence-electron chi connectivity index (χ4n) is 2.56. The number of hydrogen-bond acceptors (Lipinski definition) is 3. The molecule has 0 radical (unpaired) electrons. The average Bonchev–Trinajstić information content (AvgIpc) is 2.67. The Kier molecular flexibility index (Phi) is 4.46. The van der Waals surface area contributed by atoms with Crippen LogP contribution in [0.15, 0.2) is 11.3 Å². The van der Waals surface area contributed by atoms with Crippen LogP contribution in [0.1, 0.15) is 26.7 Å². The highest BCUT2D eigenvalue weighted by atomic mass is 28.4. The Balaban J connectivity index is 3.05. The summed E-state index contributed by atoms with van der Waals surface area (Å²) in [6, 6.07) is 0. The molecule has 0 N–H and O–H groups in total. The van der Waals surface area contributed by atoms with Gasteiger partial charge in [0.2, 0.25) is 8.32 Å². The predicted octanol–water partition coefficient (Wildman–Crippen LogP) is 3.37. The lowest BCUT2D eigenvalue weighted by molar-refractivity contribution is -0.146. The van der Waals surface area contributed by atoms with Crippen LogP contribution in [0.3, 0.4) is 0 Å². The average molecular weight is 281 g/mol. The van der Waals surface area contributed by atoms with Crippen molar-refractivity contribution in [1.29, 1.82) is 0 Å². The van der Waals surface area contributed by atoms with E-state index in [1.807, 2.05) is 6.92 Å². The van der Waals surface area contributed by atoms with Gasteiger partial charge in [-0.25, -0.2) is 11.4 Å². The summed E-state index contributed by atoms with van der Waals surface area (Å²) in [6.07, 6.45) is 1.59. The highest BCUT2D eigenvalue weighted by molar-refractivity contribution is 6.70. The van der Waals surface area contributed by atoms with Crippen LogP contribution in [0, 0.1) is 12.5 Å². The van der Waals surface area contributed by atoms with E-state index in [4.69, 9.17) is 15.7 Å². The number of ether oxygens (including phenoxy) is 1. The van der Waals surface area contributed by atoms with Crippen LogP contribution in [-0.2, 0) is 14.0 Å². The second-order valence-electron chi connectivity index (χ2n) is 6.16. The van der Waals surface area contributed by atoms with Crippen LogP contribution in [0.4, 0.5) is 0 Å². The Morgan fingerprint density at radius 2 is 2.05 bits per heavy atom. The number of methoxy groups -OCH3 is 1. The Hall–Kier alpha value is -1.28. The molecule has 0 saturated heterocycles. The highest BCUT2D eigenvalue weighted by Crippen LogP contribution is 2.42. The van der Waals surface area contributed by atoms with Gasteiger partial charge in [-0.2, -0.15) is 0 Å². The van der Waals surface area contributed by atoms with E-state index in [2.05, 4.69) is 24.5 Å². The van der Waals surface area contributed by atoms with Crippen molar-refractivity contribution in [2.75, 3.05) is 7.11 Å². The predicted molar refractivity (Wildman–Crippen MR) is 76.9 cm³/mol. The van der Waals surface area contributed by atoms with Gasteiger partial charge in [-0.05, 0) is 38.6 Å². The van der Waals surface area contributed by atoms with Gasteiger partial charge in [0, 0.05) is 13.3 Å². The highest BCUT2D eigenvalue weighted by Gasteiger charge is 2.52. The third-order valence-electron chi connectivity index (χ3n) is 3.56. The molecule has 106 valence electrons. The van der Waals surface area contributed by atoms with Crippen molar-refractivity contribution < 1.29 is 14.0 Å². The second kappa shape index (κ2) is 5.38. The molecule has 0 spiro atoms. The minimum absolute atomic E-state index is 0.108. The first kappa shape index (κ1) is 15.8. The zero-order chi connectivity index (χ0) is 14.8. The minimum atomic E-state index is -1.65. The van der Waals surface area contributed by atoms with Crippen LogP contribution in [0.25, 0.3) is 4.85 Å². The van der Waals surface area contributed by atoms with E-state index in [-0.39, 0.29) is 5.92 Å². The molecule has 0 heterocycles. The summed E-state index contributed by atoms with van der Waals surface area (Å²) in [7, 11) is -0.317. The standard InChI is InChI=1S/C14H23NO3Si/c1-10-11(14(2,15-3)13(16)17-4)8-9-12(10)18-19(5,6)7/h11H,8-9H2,1-2,4-7H3. The summed E-state index contributed by atoms with van der Waals surface area (Å²) in [5.41, 5.74) is -0.102. The van der Waals surface area contributed by atoms with Crippen molar-refractivity contribution in [2.24, 2.45) is 5.92 Å². The monoisotopic (exact) mass is 281 g/mol. The first-order valence-electron chi connectivity index (χ1n) is 6.51. The lowest BCUT2D eigenvalue weighted by Crippen LogP contribution is -2.40. The molecule has 0 aromatic rings. The molecule has 5 heteroatoms. The van der Waals surface area contributed by atoms with Gasteiger partial charge < -0.3 is 9.16 Å². The van der Waals surface area contributed by atoms with Crippen LogP contribution < -0.4 is 0 Å². The van der Waals surface area contributed by atoms with E-state index in [0.29, 0.717) is 0 Å². The molecule has 0 fully saturated rings. The molecule has 2 unspecified atom stereocenters. The molecular formula is C14H23NO3Si. The van der Waals surface area contributed by atoms with Crippen molar-refractivity contribution in [3.63, 3.8) is 0 Å². The minimum Gasteiger partial charge on any atom is -0.547 e. The molecule has 1 rings (SSSR count). The molecule has 1 aliphatic carbocycles. The molecule has 0 amide bonds. The molecule has 0 saturated carbocycles.